The molecule has 75 heavy (non-hydrogen) atoms. The second-order valence-electron chi connectivity index (χ2n) is 19.5. The van der Waals surface area contributed by atoms with Gasteiger partial charge in [0.05, 0.1) is 0 Å². The van der Waals surface area contributed by atoms with Crippen molar-refractivity contribution < 1.29 is 25.8 Å². The Hall–Kier alpha value is -8.63. The van der Waals surface area contributed by atoms with E-state index in [2.05, 4.69) is 254 Å². The summed E-state index contributed by atoms with van der Waals surface area (Å²) in [5.74, 6) is 2.06. The number of benzene rings is 10. The average Bonchev–Trinajstić information content (AvgIpc) is 4.00. The predicted molar refractivity (Wildman–Crippen MR) is 309 cm³/mol. The van der Waals surface area contributed by atoms with E-state index in [1.54, 1.807) is 0 Å². The van der Waals surface area contributed by atoms with Crippen LogP contribution in [-0.2, 0) is 21.1 Å². The van der Waals surface area contributed by atoms with Crippen LogP contribution in [0.25, 0.3) is 88.0 Å². The molecule has 0 N–H and O–H groups in total. The van der Waals surface area contributed by atoms with Crippen molar-refractivity contribution in [3.05, 3.63) is 264 Å². The van der Waals surface area contributed by atoms with Crippen LogP contribution in [0, 0.1) is 39.6 Å². The molecule has 12 aromatic rings. The molecule has 14 rings (SSSR count). The summed E-state index contributed by atoms with van der Waals surface area (Å²) in [6, 6.07) is 83.1. The number of para-hydroxylation sites is 4. The summed E-state index contributed by atoms with van der Waals surface area (Å²) in [5.41, 5.74) is 18.0. The number of rotatable bonds is 7. The number of aromatic nitrogens is 1. The van der Waals surface area contributed by atoms with Crippen LogP contribution in [0.15, 0.2) is 212 Å². The largest absolute Gasteiger partial charge is 4.00 e. The minimum Gasteiger partial charge on any atom is -0.509 e. The molecule has 2 aliphatic rings. The Morgan fingerprint density at radius 3 is 1.71 bits per heavy atom. The number of anilines is 4. The molecule has 0 fully saturated rings. The van der Waals surface area contributed by atoms with Gasteiger partial charge in [-0.15, -0.1) is 53.6 Å². The van der Waals surface area contributed by atoms with Gasteiger partial charge in [0.15, 0.2) is 0 Å². The molecule has 0 saturated heterocycles. The number of hydrogen-bond acceptors (Lipinski definition) is 3. The van der Waals surface area contributed by atoms with E-state index in [-0.39, 0.29) is 21.1 Å². The number of hydrogen-bond donors (Lipinski definition) is 0. The van der Waals surface area contributed by atoms with Gasteiger partial charge in [-0.25, -0.2) is 0 Å². The molecule has 0 bridgehead atoms. The van der Waals surface area contributed by atoms with Crippen molar-refractivity contribution in [1.82, 2.24) is 4.40 Å². The summed E-state index contributed by atoms with van der Waals surface area (Å²) < 4.78 is 9.24. The molecular formula is C69H48N4OPt. The van der Waals surface area contributed by atoms with Gasteiger partial charge in [0, 0.05) is 39.7 Å². The molecule has 0 spiro atoms. The molecule has 0 aliphatic carbocycles. The molecule has 10 aromatic carbocycles. The SMILES string of the molecule is Cc1cc(C)c(C2=Cc3c(n4c5[c-]c(Oc6[c-]c(N7[CH-]N(c8c(-c9ccccc9)cccc8-c8ccccc8)c8ccccc87)ccc6)ccc5c5cccc(c6ccccc6c6ccccc36)c54)[N-]C2)c(C)c1.[Pt+4]. The fraction of sp³-hybridized carbons (Fsp3) is 0.0580. The number of nitrogens with zero attached hydrogens (tertiary/aromatic N) is 4. The molecule has 0 unspecified atom stereocenters. The Morgan fingerprint density at radius 1 is 0.493 bits per heavy atom. The van der Waals surface area contributed by atoms with Gasteiger partial charge < -0.3 is 24.3 Å². The van der Waals surface area contributed by atoms with Gasteiger partial charge in [-0.2, -0.15) is 12.1 Å². The molecule has 0 atom stereocenters. The molecule has 360 valence electrons. The first-order valence-corrected chi connectivity index (χ1v) is 25.3. The summed E-state index contributed by atoms with van der Waals surface area (Å²) in [6.07, 6.45) is 2.40. The third kappa shape index (κ3) is 7.72. The van der Waals surface area contributed by atoms with Crippen molar-refractivity contribution in [1.29, 1.82) is 0 Å². The van der Waals surface area contributed by atoms with E-state index in [0.717, 1.165) is 89.0 Å². The monoisotopic (exact) mass is 1140 g/mol. The van der Waals surface area contributed by atoms with Gasteiger partial charge in [0.2, 0.25) is 0 Å². The van der Waals surface area contributed by atoms with E-state index in [1.807, 2.05) is 18.2 Å². The minimum atomic E-state index is 0. The van der Waals surface area contributed by atoms with Gasteiger partial charge >= 0.3 is 21.1 Å². The molecule has 2 aromatic heterocycles. The van der Waals surface area contributed by atoms with E-state index in [4.69, 9.17) is 10.1 Å². The van der Waals surface area contributed by atoms with Crippen molar-refractivity contribution in [2.45, 2.75) is 20.8 Å². The van der Waals surface area contributed by atoms with Crippen LogP contribution in [0.3, 0.4) is 0 Å². The fourth-order valence-corrected chi connectivity index (χ4v) is 11.9. The normalized spacial score (nSPS) is 12.9. The summed E-state index contributed by atoms with van der Waals surface area (Å²) in [7, 11) is 0. The predicted octanol–water partition coefficient (Wildman–Crippen LogP) is 18.7. The minimum absolute atomic E-state index is 0. The maximum Gasteiger partial charge on any atom is 4.00 e. The second kappa shape index (κ2) is 18.7. The van der Waals surface area contributed by atoms with Crippen molar-refractivity contribution >= 4 is 89.0 Å². The Balaban J connectivity index is 0.00000541. The molecule has 4 heterocycles. The van der Waals surface area contributed by atoms with E-state index in [0.29, 0.717) is 18.0 Å². The molecular weight excluding hydrogens is 1100 g/mol. The van der Waals surface area contributed by atoms with E-state index < -0.39 is 0 Å². The smallest absolute Gasteiger partial charge is 0.509 e. The van der Waals surface area contributed by atoms with Crippen molar-refractivity contribution in [3.8, 4) is 33.8 Å². The van der Waals surface area contributed by atoms with Crippen molar-refractivity contribution in [2.24, 2.45) is 0 Å². The van der Waals surface area contributed by atoms with Gasteiger partial charge in [0.1, 0.15) is 0 Å². The van der Waals surface area contributed by atoms with Crippen molar-refractivity contribution in [3.63, 3.8) is 0 Å². The zero-order valence-corrected chi connectivity index (χ0v) is 43.9. The van der Waals surface area contributed by atoms with Gasteiger partial charge in [0.25, 0.3) is 0 Å². The topological polar surface area (TPSA) is 34.2 Å². The van der Waals surface area contributed by atoms with Crippen LogP contribution in [0.4, 0.5) is 28.6 Å². The first kappa shape index (κ1) is 46.2. The summed E-state index contributed by atoms with van der Waals surface area (Å²) in [6.45, 7) is 9.35. The molecule has 0 radical (unpaired) electrons. The first-order valence-electron chi connectivity index (χ1n) is 25.3. The summed E-state index contributed by atoms with van der Waals surface area (Å²) in [5, 5.41) is 13.6. The zero-order valence-electron chi connectivity index (χ0n) is 41.6. The Kier molecular flexibility index (Phi) is 11.5. The Labute approximate surface area is 451 Å². The quantitative estimate of drug-likeness (QED) is 0.149. The Morgan fingerprint density at radius 2 is 1.03 bits per heavy atom. The van der Waals surface area contributed by atoms with E-state index in [1.165, 1.54) is 44.0 Å². The van der Waals surface area contributed by atoms with Crippen LogP contribution in [0.2, 0.25) is 0 Å². The molecule has 0 saturated carbocycles. The number of ether oxygens (including phenoxy) is 1. The maximum absolute atomic E-state index is 6.89. The molecule has 2 aliphatic heterocycles. The molecule has 6 heteroatoms. The van der Waals surface area contributed by atoms with Crippen molar-refractivity contribution in [2.75, 3.05) is 16.3 Å². The zero-order chi connectivity index (χ0) is 49.4. The standard InChI is InChI=1S/C69H48N4O.Pt/c1-44-37-45(2)66(46(3)38-44)49-39-62-58-28-13-11-26-56(58)55-25-10-12-27-57(55)60-31-18-32-61-59-36-35-52(41-65(59)73(68(60)61)69(62)70-42-49)74-51-24-16-23-50(40-51)71-43-72(64-34-15-14-33-63(64)71)67-53(47-19-6-4-7-20-47)29-17-30-54(67)48-21-8-5-9-22-48;/h4-39,43H,42H2,1-3H3;/q-4;+4. The van der Waals surface area contributed by atoms with Crippen LogP contribution >= 0.6 is 0 Å². The maximum atomic E-state index is 6.89. The second-order valence-corrected chi connectivity index (χ2v) is 19.5. The van der Waals surface area contributed by atoms with Crippen LogP contribution in [-0.4, -0.2) is 10.9 Å². The summed E-state index contributed by atoms with van der Waals surface area (Å²) >= 11 is 0. The van der Waals surface area contributed by atoms with Crippen LogP contribution in [0.1, 0.15) is 27.8 Å². The van der Waals surface area contributed by atoms with Gasteiger partial charge in [-0.05, 0) is 111 Å². The van der Waals surface area contributed by atoms with Crippen LogP contribution < -0.4 is 14.5 Å². The average molecular weight is 1140 g/mol. The summed E-state index contributed by atoms with van der Waals surface area (Å²) in [4.78, 5) is 4.53. The number of aryl methyl sites for hydroxylation is 3. The van der Waals surface area contributed by atoms with Gasteiger partial charge in [-0.3, -0.25) is 0 Å². The molecule has 5 nitrogen and oxygen atoms in total. The third-order valence-electron chi connectivity index (χ3n) is 14.9. The van der Waals surface area contributed by atoms with E-state index in [9.17, 15) is 0 Å². The van der Waals surface area contributed by atoms with E-state index >= 15 is 0 Å². The van der Waals surface area contributed by atoms with Crippen LogP contribution in [0.5, 0.6) is 11.5 Å². The molecule has 0 amide bonds. The third-order valence-corrected chi connectivity index (χ3v) is 14.9. The van der Waals surface area contributed by atoms with Gasteiger partial charge in [-0.1, -0.05) is 193 Å². The Bertz CT molecular complexity index is 4230. The fourth-order valence-electron chi connectivity index (χ4n) is 11.9. The number of fused-ring (bicyclic) bond motifs is 11. The first-order chi connectivity index (χ1) is 36.4.